The largest absolute Gasteiger partial charge is 0.482 e. The van der Waals surface area contributed by atoms with Crippen LogP contribution in [-0.2, 0) is 15.7 Å². The van der Waals surface area contributed by atoms with Crippen LogP contribution in [0.4, 0.5) is 13.2 Å². The minimum Gasteiger partial charge on any atom is -0.482 e. The summed E-state index contributed by atoms with van der Waals surface area (Å²) in [4.78, 5) is 23.3. The van der Waals surface area contributed by atoms with Crippen LogP contribution in [0.5, 0.6) is 5.75 Å². The molecule has 0 aliphatic carbocycles. The third kappa shape index (κ3) is 4.27. The minimum absolute atomic E-state index is 0.184. The average Bonchev–Trinajstić information content (AvgIpc) is 2.56. The monoisotopic (exact) mass is 394 g/mol. The lowest BCUT2D eigenvalue weighted by atomic mass is 10.0. The molecule has 1 aromatic heterocycles. The number of esters is 1. The second-order valence-electron chi connectivity index (χ2n) is 7.17. The molecule has 148 valence electrons. The van der Waals surface area contributed by atoms with E-state index in [4.69, 9.17) is 13.9 Å². The van der Waals surface area contributed by atoms with E-state index >= 15 is 0 Å². The molecule has 8 heteroatoms. The zero-order chi connectivity index (χ0) is 20.7. The molecule has 3 rings (SSSR count). The zero-order valence-electron chi connectivity index (χ0n) is 15.3. The van der Waals surface area contributed by atoms with Crippen LogP contribution in [0.1, 0.15) is 26.3 Å². The van der Waals surface area contributed by atoms with Crippen LogP contribution in [0.3, 0.4) is 0 Å². The Labute approximate surface area is 157 Å². The maximum Gasteiger partial charge on any atom is 0.417 e. The van der Waals surface area contributed by atoms with Crippen molar-refractivity contribution in [2.75, 3.05) is 6.61 Å². The molecule has 0 aliphatic rings. The number of rotatable bonds is 3. The lowest BCUT2D eigenvalue weighted by molar-refractivity contribution is -0.157. The van der Waals surface area contributed by atoms with Crippen LogP contribution in [0.2, 0.25) is 0 Å². The number of hydrogen-bond acceptors (Lipinski definition) is 5. The Morgan fingerprint density at radius 1 is 1.07 bits per heavy atom. The van der Waals surface area contributed by atoms with Crippen molar-refractivity contribution in [3.05, 3.63) is 52.4 Å². The van der Waals surface area contributed by atoms with Crippen LogP contribution in [0.15, 0.2) is 45.6 Å². The van der Waals surface area contributed by atoms with Gasteiger partial charge in [-0.05, 0) is 49.7 Å². The van der Waals surface area contributed by atoms with E-state index in [9.17, 15) is 22.8 Å². The molecule has 0 bridgehead atoms. The summed E-state index contributed by atoms with van der Waals surface area (Å²) < 4.78 is 55.8. The molecule has 0 saturated carbocycles. The molecule has 1 heterocycles. The summed E-state index contributed by atoms with van der Waals surface area (Å²) in [6.45, 7) is 4.73. The first kappa shape index (κ1) is 19.7. The Morgan fingerprint density at radius 3 is 2.39 bits per heavy atom. The van der Waals surface area contributed by atoms with Gasteiger partial charge >= 0.3 is 17.8 Å². The highest BCUT2D eigenvalue weighted by Gasteiger charge is 2.34. The van der Waals surface area contributed by atoms with E-state index in [0.29, 0.717) is 11.5 Å². The van der Waals surface area contributed by atoms with Crippen molar-refractivity contribution < 1.29 is 31.9 Å². The van der Waals surface area contributed by atoms with Gasteiger partial charge < -0.3 is 13.9 Å². The number of benzene rings is 2. The Bertz CT molecular complexity index is 1110. The van der Waals surface area contributed by atoms with E-state index in [1.54, 1.807) is 32.9 Å². The molecule has 0 fully saturated rings. The predicted octanol–water partition coefficient (Wildman–Crippen LogP) is 4.69. The van der Waals surface area contributed by atoms with Crippen molar-refractivity contribution in [3.63, 3.8) is 0 Å². The van der Waals surface area contributed by atoms with Gasteiger partial charge in [-0.2, -0.15) is 13.2 Å². The van der Waals surface area contributed by atoms with E-state index in [1.165, 1.54) is 18.2 Å². The molecule has 0 atom stereocenters. The fourth-order valence-electron chi connectivity index (χ4n) is 2.80. The first-order valence-electron chi connectivity index (χ1n) is 8.36. The Balaban J connectivity index is 2.06. The fraction of sp³-hybridized carbons (Fsp3) is 0.300. The predicted molar refractivity (Wildman–Crippen MR) is 96.3 cm³/mol. The van der Waals surface area contributed by atoms with Crippen molar-refractivity contribution in [2.24, 2.45) is 0 Å². The molecule has 3 aromatic rings. The van der Waals surface area contributed by atoms with E-state index in [2.05, 4.69) is 0 Å². The van der Waals surface area contributed by atoms with Gasteiger partial charge in [-0.3, -0.25) is 0 Å². The van der Waals surface area contributed by atoms with E-state index in [-0.39, 0.29) is 22.1 Å². The SMILES string of the molecule is CC(C)(C)OC(=O)COc1ccc2ccc3oc(=O)cc(C(F)(F)F)c3c2c1. The molecule has 0 spiro atoms. The van der Waals surface area contributed by atoms with Crippen LogP contribution in [-0.4, -0.2) is 18.2 Å². The molecule has 0 aliphatic heterocycles. The quantitative estimate of drug-likeness (QED) is 0.366. The van der Waals surface area contributed by atoms with E-state index in [1.807, 2.05) is 0 Å². The van der Waals surface area contributed by atoms with Gasteiger partial charge in [0.05, 0.1) is 5.56 Å². The minimum atomic E-state index is -4.74. The molecule has 28 heavy (non-hydrogen) atoms. The third-order valence-electron chi connectivity index (χ3n) is 3.78. The number of hydrogen-bond donors (Lipinski definition) is 0. The molecule has 0 N–H and O–H groups in total. The van der Waals surface area contributed by atoms with Crippen molar-refractivity contribution in [2.45, 2.75) is 32.5 Å². The lowest BCUT2D eigenvalue weighted by Crippen LogP contribution is -2.27. The number of carbonyl (C=O) groups is 1. The standard InChI is InChI=1S/C20H17F3O5/c1-19(2,3)28-17(25)10-26-12-6-4-11-5-7-15-18(13(11)8-12)14(20(21,22)23)9-16(24)27-15/h4-9H,10H2,1-3H3. The van der Waals surface area contributed by atoms with Gasteiger partial charge in [0, 0.05) is 11.5 Å². The highest BCUT2D eigenvalue weighted by Crippen LogP contribution is 2.38. The molecule has 0 radical (unpaired) electrons. The summed E-state index contributed by atoms with van der Waals surface area (Å²) >= 11 is 0. The Kier molecular flexibility index (Phi) is 4.82. The fourth-order valence-corrected chi connectivity index (χ4v) is 2.80. The van der Waals surface area contributed by atoms with Crippen molar-refractivity contribution >= 4 is 27.7 Å². The van der Waals surface area contributed by atoms with Gasteiger partial charge in [-0.1, -0.05) is 12.1 Å². The molecule has 0 amide bonds. The first-order valence-corrected chi connectivity index (χ1v) is 8.36. The lowest BCUT2D eigenvalue weighted by Gasteiger charge is -2.19. The van der Waals surface area contributed by atoms with Crippen LogP contribution < -0.4 is 10.4 Å². The van der Waals surface area contributed by atoms with Crippen molar-refractivity contribution in [1.29, 1.82) is 0 Å². The molecular formula is C20H17F3O5. The third-order valence-corrected chi connectivity index (χ3v) is 3.78. The van der Waals surface area contributed by atoms with E-state index < -0.39 is 35.5 Å². The van der Waals surface area contributed by atoms with Crippen LogP contribution in [0.25, 0.3) is 21.7 Å². The normalized spacial score (nSPS) is 12.4. The second kappa shape index (κ2) is 6.85. The molecule has 5 nitrogen and oxygen atoms in total. The van der Waals surface area contributed by atoms with Gasteiger partial charge in [0.2, 0.25) is 0 Å². The van der Waals surface area contributed by atoms with Gasteiger partial charge in [0.1, 0.15) is 16.9 Å². The summed E-state index contributed by atoms with van der Waals surface area (Å²) in [6, 6.07) is 7.75. The van der Waals surface area contributed by atoms with Gasteiger partial charge in [0.15, 0.2) is 6.61 Å². The first-order chi connectivity index (χ1) is 12.9. The number of alkyl halides is 3. The zero-order valence-corrected chi connectivity index (χ0v) is 15.3. The summed E-state index contributed by atoms with van der Waals surface area (Å²) in [5.74, 6) is -0.419. The summed E-state index contributed by atoms with van der Waals surface area (Å²) in [6.07, 6.45) is -4.74. The van der Waals surface area contributed by atoms with Gasteiger partial charge in [0.25, 0.3) is 0 Å². The Hall–Kier alpha value is -3.03. The second-order valence-corrected chi connectivity index (χ2v) is 7.17. The molecule has 2 aromatic carbocycles. The molecule has 0 saturated heterocycles. The van der Waals surface area contributed by atoms with E-state index in [0.717, 1.165) is 0 Å². The number of ether oxygens (including phenoxy) is 2. The van der Waals surface area contributed by atoms with Crippen LogP contribution >= 0.6 is 0 Å². The topological polar surface area (TPSA) is 65.7 Å². The summed E-state index contributed by atoms with van der Waals surface area (Å²) in [7, 11) is 0. The van der Waals surface area contributed by atoms with Crippen LogP contribution in [0, 0.1) is 0 Å². The maximum absolute atomic E-state index is 13.5. The van der Waals surface area contributed by atoms with Gasteiger partial charge in [-0.15, -0.1) is 0 Å². The molecule has 0 unspecified atom stereocenters. The number of fused-ring (bicyclic) bond motifs is 3. The van der Waals surface area contributed by atoms with Crippen molar-refractivity contribution in [3.8, 4) is 5.75 Å². The highest BCUT2D eigenvalue weighted by atomic mass is 19.4. The highest BCUT2D eigenvalue weighted by molar-refractivity contribution is 6.07. The smallest absolute Gasteiger partial charge is 0.417 e. The maximum atomic E-state index is 13.5. The Morgan fingerprint density at radius 2 is 1.75 bits per heavy atom. The average molecular weight is 394 g/mol. The number of halogens is 3. The summed E-state index contributed by atoms with van der Waals surface area (Å²) in [5, 5.41) is 0.444. The number of carbonyl (C=O) groups excluding carboxylic acids is 1. The molecular weight excluding hydrogens is 377 g/mol. The van der Waals surface area contributed by atoms with Crippen molar-refractivity contribution in [1.82, 2.24) is 0 Å². The summed E-state index contributed by atoms with van der Waals surface area (Å²) in [5.41, 5.74) is -3.04. The van der Waals surface area contributed by atoms with Gasteiger partial charge in [-0.25, -0.2) is 9.59 Å².